The molecule has 1 atom stereocenters. The van der Waals surface area contributed by atoms with Crippen molar-refractivity contribution in [3.05, 3.63) is 53.6 Å². The molecule has 0 aliphatic carbocycles. The second-order valence-corrected chi connectivity index (χ2v) is 7.17. The van der Waals surface area contributed by atoms with Crippen LogP contribution in [0, 0.1) is 5.92 Å². The van der Waals surface area contributed by atoms with E-state index in [0.29, 0.717) is 19.4 Å². The van der Waals surface area contributed by atoms with Gasteiger partial charge in [-0.05, 0) is 68.2 Å². The van der Waals surface area contributed by atoms with Crippen LogP contribution < -0.4 is 14.2 Å². The Kier molecular flexibility index (Phi) is 5.39. The number of hydrogen-bond donors (Lipinski definition) is 1. The number of fused-ring (bicyclic) bond motifs is 1. The fourth-order valence-electron chi connectivity index (χ4n) is 4.01. The van der Waals surface area contributed by atoms with E-state index < -0.39 is 5.97 Å². The van der Waals surface area contributed by atoms with Crippen molar-refractivity contribution in [2.45, 2.75) is 25.8 Å². The first-order valence-corrected chi connectivity index (χ1v) is 9.75. The Morgan fingerprint density at radius 2 is 1.79 bits per heavy atom. The van der Waals surface area contributed by atoms with E-state index in [1.165, 1.54) is 0 Å². The standard InChI is InChI=1S/C22H25NO5/c1-2-26-18-6-3-15(4-7-18)21(23-11-9-16(10-12-23)22(24)25)17-5-8-19-20(13-17)28-14-27-19/h3-8,13,16,21H,2,9-12,14H2,1H3,(H,24,25). The zero-order chi connectivity index (χ0) is 19.5. The number of rotatable bonds is 6. The normalized spacial score (nSPS) is 18.0. The molecular formula is C22H25NO5. The Bertz CT molecular complexity index is 827. The van der Waals surface area contributed by atoms with E-state index in [9.17, 15) is 9.90 Å². The summed E-state index contributed by atoms with van der Waals surface area (Å²) in [5, 5.41) is 9.32. The SMILES string of the molecule is CCOc1ccc(C(c2ccc3c(c2)OCO3)N2CCC(C(=O)O)CC2)cc1. The van der Waals surface area contributed by atoms with Crippen LogP contribution in [-0.2, 0) is 4.79 Å². The summed E-state index contributed by atoms with van der Waals surface area (Å²) >= 11 is 0. The monoisotopic (exact) mass is 383 g/mol. The Balaban J connectivity index is 1.64. The fourth-order valence-corrected chi connectivity index (χ4v) is 4.01. The highest BCUT2D eigenvalue weighted by Crippen LogP contribution is 2.39. The molecule has 0 bridgehead atoms. The van der Waals surface area contributed by atoms with Gasteiger partial charge in [-0.1, -0.05) is 18.2 Å². The Hall–Kier alpha value is -2.73. The molecule has 1 unspecified atom stereocenters. The third kappa shape index (κ3) is 3.78. The summed E-state index contributed by atoms with van der Waals surface area (Å²) in [5.41, 5.74) is 2.26. The highest BCUT2D eigenvalue weighted by Gasteiger charge is 2.31. The molecule has 1 fully saturated rings. The molecule has 1 saturated heterocycles. The van der Waals surface area contributed by atoms with Gasteiger partial charge in [-0.25, -0.2) is 0 Å². The Morgan fingerprint density at radius 3 is 2.46 bits per heavy atom. The number of hydrogen-bond acceptors (Lipinski definition) is 5. The Morgan fingerprint density at radius 1 is 1.11 bits per heavy atom. The number of aliphatic carboxylic acids is 1. The van der Waals surface area contributed by atoms with Crippen LogP contribution in [-0.4, -0.2) is 42.5 Å². The van der Waals surface area contributed by atoms with Crippen LogP contribution in [0.1, 0.15) is 36.9 Å². The van der Waals surface area contributed by atoms with Crippen LogP contribution in [0.4, 0.5) is 0 Å². The number of piperidine rings is 1. The molecule has 0 spiro atoms. The number of carboxylic acid groups (broad SMARTS) is 1. The van der Waals surface area contributed by atoms with Gasteiger partial charge in [0.2, 0.25) is 6.79 Å². The van der Waals surface area contributed by atoms with Gasteiger partial charge in [0, 0.05) is 0 Å². The van der Waals surface area contributed by atoms with Gasteiger partial charge in [0.25, 0.3) is 0 Å². The minimum atomic E-state index is -0.694. The third-order valence-corrected chi connectivity index (χ3v) is 5.46. The number of carbonyl (C=O) groups is 1. The van der Waals surface area contributed by atoms with Crippen LogP contribution >= 0.6 is 0 Å². The lowest BCUT2D eigenvalue weighted by atomic mass is 9.91. The molecule has 2 heterocycles. The molecule has 1 N–H and O–H groups in total. The zero-order valence-corrected chi connectivity index (χ0v) is 16.0. The number of benzene rings is 2. The van der Waals surface area contributed by atoms with E-state index in [2.05, 4.69) is 23.1 Å². The average Bonchev–Trinajstić information content (AvgIpc) is 3.18. The summed E-state index contributed by atoms with van der Waals surface area (Å²) < 4.78 is 16.6. The average molecular weight is 383 g/mol. The molecule has 6 heteroatoms. The first-order valence-electron chi connectivity index (χ1n) is 9.75. The fraction of sp³-hybridized carbons (Fsp3) is 0.409. The van der Waals surface area contributed by atoms with E-state index in [-0.39, 0.29) is 18.8 Å². The van der Waals surface area contributed by atoms with Crippen molar-refractivity contribution in [1.29, 1.82) is 0 Å². The van der Waals surface area contributed by atoms with E-state index in [0.717, 1.165) is 41.5 Å². The third-order valence-electron chi connectivity index (χ3n) is 5.46. The number of nitrogens with zero attached hydrogens (tertiary/aromatic N) is 1. The van der Waals surface area contributed by atoms with Crippen molar-refractivity contribution in [2.24, 2.45) is 5.92 Å². The van der Waals surface area contributed by atoms with E-state index in [1.807, 2.05) is 31.2 Å². The molecule has 28 heavy (non-hydrogen) atoms. The van der Waals surface area contributed by atoms with Crippen LogP contribution in [0.25, 0.3) is 0 Å². The second kappa shape index (κ2) is 8.10. The molecule has 2 aromatic rings. The molecule has 148 valence electrons. The predicted molar refractivity (Wildman–Crippen MR) is 104 cm³/mol. The summed E-state index contributed by atoms with van der Waals surface area (Å²) in [4.78, 5) is 13.7. The van der Waals surface area contributed by atoms with E-state index in [4.69, 9.17) is 14.2 Å². The van der Waals surface area contributed by atoms with Crippen molar-refractivity contribution in [3.8, 4) is 17.2 Å². The molecule has 2 aromatic carbocycles. The lowest BCUT2D eigenvalue weighted by Crippen LogP contribution is -2.39. The highest BCUT2D eigenvalue weighted by atomic mass is 16.7. The van der Waals surface area contributed by atoms with Crippen molar-refractivity contribution in [1.82, 2.24) is 4.90 Å². The molecule has 0 radical (unpaired) electrons. The van der Waals surface area contributed by atoms with Gasteiger partial charge in [-0.15, -0.1) is 0 Å². The van der Waals surface area contributed by atoms with E-state index >= 15 is 0 Å². The number of carboxylic acids is 1. The molecule has 0 aromatic heterocycles. The van der Waals surface area contributed by atoms with Gasteiger partial charge in [-0.3, -0.25) is 9.69 Å². The summed E-state index contributed by atoms with van der Waals surface area (Å²) in [5.74, 6) is 1.42. The summed E-state index contributed by atoms with van der Waals surface area (Å²) in [6, 6.07) is 14.2. The Labute approximate surface area is 164 Å². The van der Waals surface area contributed by atoms with Crippen LogP contribution in [0.15, 0.2) is 42.5 Å². The first kappa shape index (κ1) is 18.6. The summed E-state index contributed by atoms with van der Waals surface area (Å²) in [6.45, 7) is 4.33. The maximum absolute atomic E-state index is 11.3. The van der Waals surface area contributed by atoms with Crippen molar-refractivity contribution < 1.29 is 24.1 Å². The first-order chi connectivity index (χ1) is 13.7. The lowest BCUT2D eigenvalue weighted by molar-refractivity contribution is -0.143. The molecular weight excluding hydrogens is 358 g/mol. The largest absolute Gasteiger partial charge is 0.494 e. The van der Waals surface area contributed by atoms with Gasteiger partial charge in [0.1, 0.15) is 5.75 Å². The summed E-state index contributed by atoms with van der Waals surface area (Å²) in [7, 11) is 0. The maximum atomic E-state index is 11.3. The zero-order valence-electron chi connectivity index (χ0n) is 16.0. The van der Waals surface area contributed by atoms with E-state index in [1.54, 1.807) is 0 Å². The predicted octanol–water partition coefficient (Wildman–Crippen LogP) is 3.70. The summed E-state index contributed by atoms with van der Waals surface area (Å²) in [6.07, 6.45) is 1.32. The van der Waals surface area contributed by atoms with Gasteiger partial charge in [0.05, 0.1) is 18.6 Å². The van der Waals surface area contributed by atoms with Crippen LogP contribution in [0.2, 0.25) is 0 Å². The molecule has 4 rings (SSSR count). The molecule has 2 aliphatic rings. The van der Waals surface area contributed by atoms with Gasteiger partial charge < -0.3 is 19.3 Å². The molecule has 2 aliphatic heterocycles. The topological polar surface area (TPSA) is 68.2 Å². The smallest absolute Gasteiger partial charge is 0.306 e. The van der Waals surface area contributed by atoms with Gasteiger partial charge in [0.15, 0.2) is 11.5 Å². The van der Waals surface area contributed by atoms with Crippen molar-refractivity contribution in [3.63, 3.8) is 0 Å². The molecule has 0 amide bonds. The lowest BCUT2D eigenvalue weighted by Gasteiger charge is -2.37. The number of likely N-dealkylation sites (tertiary alicyclic amines) is 1. The minimum Gasteiger partial charge on any atom is -0.494 e. The molecule has 0 saturated carbocycles. The van der Waals surface area contributed by atoms with Crippen molar-refractivity contribution in [2.75, 3.05) is 26.5 Å². The van der Waals surface area contributed by atoms with Gasteiger partial charge >= 0.3 is 5.97 Å². The van der Waals surface area contributed by atoms with Crippen LogP contribution in [0.3, 0.4) is 0 Å². The number of ether oxygens (including phenoxy) is 3. The van der Waals surface area contributed by atoms with Gasteiger partial charge in [-0.2, -0.15) is 0 Å². The second-order valence-electron chi connectivity index (χ2n) is 7.17. The maximum Gasteiger partial charge on any atom is 0.306 e. The highest BCUT2D eigenvalue weighted by molar-refractivity contribution is 5.70. The minimum absolute atomic E-state index is 0.0277. The van der Waals surface area contributed by atoms with Crippen molar-refractivity contribution >= 4 is 5.97 Å². The molecule has 6 nitrogen and oxygen atoms in total. The van der Waals surface area contributed by atoms with Crippen LogP contribution in [0.5, 0.6) is 17.2 Å². The quantitative estimate of drug-likeness (QED) is 0.820.